The van der Waals surface area contributed by atoms with Gasteiger partial charge in [0.2, 0.25) is 0 Å². The second kappa shape index (κ2) is 4.17. The van der Waals surface area contributed by atoms with Crippen molar-refractivity contribution in [1.29, 1.82) is 0 Å². The highest BCUT2D eigenvalue weighted by Crippen LogP contribution is 2.28. The number of Topliss-reactive ketones (excluding diaryl/α,β-unsaturated/α-hetero) is 1. The van der Waals surface area contributed by atoms with Crippen LogP contribution in [0.15, 0.2) is 35.2 Å². The maximum Gasteiger partial charge on any atom is 0.176 e. The number of sulfone groups is 1. The van der Waals surface area contributed by atoms with Gasteiger partial charge in [-0.05, 0) is 25.1 Å². The smallest absolute Gasteiger partial charge is 0.176 e. The van der Waals surface area contributed by atoms with Gasteiger partial charge in [0.05, 0.1) is 4.90 Å². The molecular formula is C13H11FO3S. The Balaban J connectivity index is 3.03. The summed E-state index contributed by atoms with van der Waals surface area (Å²) < 4.78 is 37.1. The average molecular weight is 266 g/mol. The second-order valence-electron chi connectivity index (χ2n) is 4.10. The van der Waals surface area contributed by atoms with Crippen LogP contribution in [0.1, 0.15) is 17.3 Å². The molecular weight excluding hydrogens is 255 g/mol. The van der Waals surface area contributed by atoms with Crippen molar-refractivity contribution in [1.82, 2.24) is 0 Å². The largest absolute Gasteiger partial charge is 0.294 e. The first kappa shape index (κ1) is 12.7. The number of rotatable bonds is 2. The predicted octanol–water partition coefficient (Wildman–Crippen LogP) is 2.59. The molecule has 5 heteroatoms. The molecule has 3 nitrogen and oxygen atoms in total. The van der Waals surface area contributed by atoms with Crippen molar-refractivity contribution in [2.24, 2.45) is 0 Å². The number of halogens is 1. The zero-order valence-corrected chi connectivity index (χ0v) is 10.7. The summed E-state index contributed by atoms with van der Waals surface area (Å²) in [5, 5.41) is 0.304. The van der Waals surface area contributed by atoms with E-state index in [0.29, 0.717) is 0 Å². The molecule has 94 valence electrons. The van der Waals surface area contributed by atoms with Crippen LogP contribution >= 0.6 is 0 Å². The summed E-state index contributed by atoms with van der Waals surface area (Å²) in [6.45, 7) is 1.32. The van der Waals surface area contributed by atoms with Crippen LogP contribution < -0.4 is 0 Å². The van der Waals surface area contributed by atoms with E-state index >= 15 is 0 Å². The van der Waals surface area contributed by atoms with Gasteiger partial charge in [0, 0.05) is 22.6 Å². The first-order chi connectivity index (χ1) is 8.32. The van der Waals surface area contributed by atoms with Crippen LogP contribution in [0.2, 0.25) is 0 Å². The Morgan fingerprint density at radius 3 is 2.39 bits per heavy atom. The third-order valence-corrected chi connectivity index (χ3v) is 3.88. The molecule has 0 unspecified atom stereocenters. The standard InChI is InChI=1S/C13H11FO3S/c1-8(15)9-6-7-12(18(2,16)17)10-4-3-5-11(14)13(9)10/h3-7H,1-2H3. The van der Waals surface area contributed by atoms with E-state index < -0.39 is 15.7 Å². The molecule has 0 heterocycles. The molecule has 0 aromatic heterocycles. The molecule has 0 atom stereocenters. The monoisotopic (exact) mass is 266 g/mol. The van der Waals surface area contributed by atoms with Crippen molar-refractivity contribution in [3.63, 3.8) is 0 Å². The molecule has 0 bridgehead atoms. The van der Waals surface area contributed by atoms with Gasteiger partial charge in [-0.3, -0.25) is 4.79 Å². The number of carbonyl (C=O) groups excluding carboxylic acids is 1. The van der Waals surface area contributed by atoms with E-state index in [0.717, 1.165) is 6.26 Å². The fraction of sp³-hybridized carbons (Fsp3) is 0.154. The van der Waals surface area contributed by atoms with Crippen LogP contribution in [0, 0.1) is 5.82 Å². The molecule has 0 N–H and O–H groups in total. The van der Waals surface area contributed by atoms with E-state index in [1.807, 2.05) is 0 Å². The van der Waals surface area contributed by atoms with Crippen LogP contribution in [-0.4, -0.2) is 20.5 Å². The van der Waals surface area contributed by atoms with Gasteiger partial charge in [-0.1, -0.05) is 12.1 Å². The number of ketones is 1. The normalized spacial score (nSPS) is 11.7. The minimum Gasteiger partial charge on any atom is -0.294 e. The van der Waals surface area contributed by atoms with Crippen LogP contribution in [-0.2, 0) is 9.84 Å². The Hall–Kier alpha value is -1.75. The summed E-state index contributed by atoms with van der Waals surface area (Å²) in [6.07, 6.45) is 1.06. The molecule has 2 rings (SSSR count). The van der Waals surface area contributed by atoms with Crippen molar-refractivity contribution in [2.45, 2.75) is 11.8 Å². The van der Waals surface area contributed by atoms with Gasteiger partial charge < -0.3 is 0 Å². The first-order valence-electron chi connectivity index (χ1n) is 5.24. The Morgan fingerprint density at radius 1 is 1.17 bits per heavy atom. The molecule has 0 saturated heterocycles. The third-order valence-electron chi connectivity index (χ3n) is 2.73. The minimum atomic E-state index is -3.47. The lowest BCUT2D eigenvalue weighted by atomic mass is 10.0. The lowest BCUT2D eigenvalue weighted by molar-refractivity contribution is 0.101. The van der Waals surface area contributed by atoms with E-state index in [9.17, 15) is 17.6 Å². The summed E-state index contributed by atoms with van der Waals surface area (Å²) in [5.41, 5.74) is 0.190. The fourth-order valence-corrected chi connectivity index (χ4v) is 2.84. The van der Waals surface area contributed by atoms with Crippen molar-refractivity contribution < 1.29 is 17.6 Å². The molecule has 2 aromatic rings. The van der Waals surface area contributed by atoms with Gasteiger partial charge in [0.15, 0.2) is 15.6 Å². The lowest BCUT2D eigenvalue weighted by Crippen LogP contribution is -2.02. The molecule has 0 aliphatic carbocycles. The summed E-state index contributed by atoms with van der Waals surface area (Å²) in [6, 6.07) is 6.83. The Kier molecular flexibility index (Phi) is 2.94. The molecule has 0 fully saturated rings. The number of hydrogen-bond donors (Lipinski definition) is 0. The zero-order valence-electron chi connectivity index (χ0n) is 9.90. The number of carbonyl (C=O) groups is 1. The summed E-state index contributed by atoms with van der Waals surface area (Å²) >= 11 is 0. The van der Waals surface area contributed by atoms with Gasteiger partial charge in [0.1, 0.15) is 5.82 Å². The molecule has 0 spiro atoms. The quantitative estimate of drug-likeness (QED) is 0.785. The Labute approximate surface area is 104 Å². The maximum absolute atomic E-state index is 13.8. The topological polar surface area (TPSA) is 51.2 Å². The number of hydrogen-bond acceptors (Lipinski definition) is 3. The number of fused-ring (bicyclic) bond motifs is 1. The van der Waals surface area contributed by atoms with Gasteiger partial charge in [-0.2, -0.15) is 0 Å². The first-order valence-corrected chi connectivity index (χ1v) is 7.13. The molecule has 2 aromatic carbocycles. The van der Waals surface area contributed by atoms with E-state index in [2.05, 4.69) is 0 Å². The van der Waals surface area contributed by atoms with Gasteiger partial charge in [-0.15, -0.1) is 0 Å². The van der Waals surface area contributed by atoms with Crippen molar-refractivity contribution in [3.8, 4) is 0 Å². The molecule has 0 amide bonds. The Morgan fingerprint density at radius 2 is 1.83 bits per heavy atom. The highest BCUT2D eigenvalue weighted by atomic mass is 32.2. The van der Waals surface area contributed by atoms with E-state index in [-0.39, 0.29) is 27.0 Å². The molecule has 0 saturated carbocycles. The van der Waals surface area contributed by atoms with Crippen molar-refractivity contribution in [3.05, 3.63) is 41.7 Å². The third kappa shape index (κ3) is 2.01. The fourth-order valence-electron chi connectivity index (χ4n) is 1.95. The minimum absolute atomic E-state index is 0.0296. The second-order valence-corrected chi connectivity index (χ2v) is 6.09. The Bertz CT molecular complexity index is 748. The van der Waals surface area contributed by atoms with Gasteiger partial charge >= 0.3 is 0 Å². The van der Waals surface area contributed by atoms with Crippen LogP contribution in [0.5, 0.6) is 0 Å². The predicted molar refractivity (Wildman–Crippen MR) is 67.0 cm³/mol. The molecule has 0 aliphatic rings. The van der Waals surface area contributed by atoms with E-state index in [1.54, 1.807) is 0 Å². The van der Waals surface area contributed by atoms with Gasteiger partial charge in [-0.25, -0.2) is 12.8 Å². The van der Waals surface area contributed by atoms with E-state index in [4.69, 9.17) is 0 Å². The summed E-state index contributed by atoms with van der Waals surface area (Å²) in [5.74, 6) is -0.895. The van der Waals surface area contributed by atoms with Gasteiger partial charge in [0.25, 0.3) is 0 Å². The van der Waals surface area contributed by atoms with Crippen molar-refractivity contribution >= 4 is 26.4 Å². The SMILES string of the molecule is CC(=O)c1ccc(S(C)(=O)=O)c2cccc(F)c12. The van der Waals surface area contributed by atoms with Crippen LogP contribution in [0.3, 0.4) is 0 Å². The maximum atomic E-state index is 13.8. The molecule has 0 aliphatic heterocycles. The average Bonchev–Trinajstić information content (AvgIpc) is 2.26. The highest BCUT2D eigenvalue weighted by molar-refractivity contribution is 7.91. The molecule has 0 radical (unpaired) electrons. The summed E-state index contributed by atoms with van der Waals surface area (Å²) in [7, 11) is -3.47. The number of benzene rings is 2. The molecule has 18 heavy (non-hydrogen) atoms. The summed E-state index contributed by atoms with van der Waals surface area (Å²) in [4.78, 5) is 11.5. The zero-order chi connectivity index (χ0) is 13.5. The van der Waals surface area contributed by atoms with Crippen molar-refractivity contribution in [2.75, 3.05) is 6.26 Å². The highest BCUT2D eigenvalue weighted by Gasteiger charge is 2.17. The van der Waals surface area contributed by atoms with E-state index in [1.165, 1.54) is 37.3 Å². The van der Waals surface area contributed by atoms with Crippen LogP contribution in [0.4, 0.5) is 4.39 Å². The lowest BCUT2D eigenvalue weighted by Gasteiger charge is -2.09. The van der Waals surface area contributed by atoms with Crippen LogP contribution in [0.25, 0.3) is 10.8 Å².